The molecule has 0 bridgehead atoms. The number of aromatic nitrogens is 2. The normalized spacial score (nSPS) is 14.8. The summed E-state index contributed by atoms with van der Waals surface area (Å²) in [5.74, 6) is 1.55. The van der Waals surface area contributed by atoms with Gasteiger partial charge in [-0.3, -0.25) is 0 Å². The molecule has 4 rings (SSSR count). The average Bonchev–Trinajstić information content (AvgIpc) is 2.73. The van der Waals surface area contributed by atoms with E-state index in [1.807, 2.05) is 32.9 Å². The van der Waals surface area contributed by atoms with Crippen LogP contribution >= 0.6 is 0 Å². The van der Waals surface area contributed by atoms with Crippen molar-refractivity contribution in [1.82, 2.24) is 20.6 Å². The minimum absolute atomic E-state index is 0.113. The number of phenols is 1. The minimum Gasteiger partial charge on any atom is -0.507 e. The Morgan fingerprint density at radius 2 is 1.87 bits per heavy atom. The van der Waals surface area contributed by atoms with Gasteiger partial charge in [0.15, 0.2) is 5.82 Å². The van der Waals surface area contributed by atoms with Crippen LogP contribution in [0.15, 0.2) is 42.5 Å². The predicted molar refractivity (Wildman–Crippen MR) is 123 cm³/mol. The van der Waals surface area contributed by atoms with Gasteiger partial charge in [0.25, 0.3) is 0 Å². The molecule has 1 aliphatic heterocycles. The summed E-state index contributed by atoms with van der Waals surface area (Å²) in [6.45, 7) is 7.51. The summed E-state index contributed by atoms with van der Waals surface area (Å²) in [4.78, 5) is 23.9. The Labute approximate surface area is 182 Å². The fourth-order valence-electron chi connectivity index (χ4n) is 3.97. The number of nitrogens with zero attached hydrogens (tertiary/aromatic N) is 3. The number of piperidine rings is 1. The zero-order valence-corrected chi connectivity index (χ0v) is 18.2. The Morgan fingerprint density at radius 1 is 1.13 bits per heavy atom. The molecule has 162 valence electrons. The summed E-state index contributed by atoms with van der Waals surface area (Å²) >= 11 is 0. The number of para-hydroxylation sites is 1. The van der Waals surface area contributed by atoms with Gasteiger partial charge >= 0.3 is 6.03 Å². The standard InChI is InChI=1S/C24H29N5O2/c1-15(2)25-24(31)26-17-10-12-29(13-11-17)23-18-9-8-16(3)14-20(18)27-22(28-23)19-6-4-5-7-21(19)30/h4-9,14-15,17,30H,10-13H2,1-3H3,(H2,25,26,31). The van der Waals surface area contributed by atoms with Gasteiger partial charge in [0.05, 0.1) is 11.1 Å². The monoisotopic (exact) mass is 419 g/mol. The largest absolute Gasteiger partial charge is 0.507 e. The Kier molecular flexibility index (Phi) is 5.93. The summed E-state index contributed by atoms with van der Waals surface area (Å²) < 4.78 is 0. The molecule has 1 aliphatic rings. The molecule has 3 N–H and O–H groups in total. The molecule has 0 unspecified atom stereocenters. The maximum atomic E-state index is 12.0. The number of rotatable bonds is 4. The number of nitrogens with one attached hydrogen (secondary N) is 2. The molecule has 2 heterocycles. The van der Waals surface area contributed by atoms with Crippen LogP contribution < -0.4 is 15.5 Å². The van der Waals surface area contributed by atoms with Crippen LogP contribution in [0.3, 0.4) is 0 Å². The highest BCUT2D eigenvalue weighted by Crippen LogP contribution is 2.32. The molecule has 2 aromatic carbocycles. The third kappa shape index (κ3) is 4.71. The Morgan fingerprint density at radius 3 is 2.58 bits per heavy atom. The highest BCUT2D eigenvalue weighted by molar-refractivity contribution is 5.92. The van der Waals surface area contributed by atoms with Gasteiger partial charge in [-0.05, 0) is 63.4 Å². The molecule has 0 atom stereocenters. The van der Waals surface area contributed by atoms with E-state index in [1.165, 1.54) is 0 Å². The molecule has 0 aliphatic carbocycles. The lowest BCUT2D eigenvalue weighted by molar-refractivity contribution is 0.232. The number of carbonyl (C=O) groups is 1. The zero-order valence-electron chi connectivity index (χ0n) is 18.2. The molecule has 2 amide bonds. The molecule has 7 heteroatoms. The van der Waals surface area contributed by atoms with E-state index in [0.29, 0.717) is 11.4 Å². The lowest BCUT2D eigenvalue weighted by atomic mass is 10.0. The minimum atomic E-state index is -0.113. The lowest BCUT2D eigenvalue weighted by Crippen LogP contribution is -2.49. The lowest BCUT2D eigenvalue weighted by Gasteiger charge is -2.34. The number of hydrogen-bond donors (Lipinski definition) is 3. The van der Waals surface area contributed by atoms with Crippen molar-refractivity contribution in [2.75, 3.05) is 18.0 Å². The number of urea groups is 1. The zero-order chi connectivity index (χ0) is 22.0. The van der Waals surface area contributed by atoms with Gasteiger partial charge in [-0.25, -0.2) is 14.8 Å². The third-order valence-corrected chi connectivity index (χ3v) is 5.53. The average molecular weight is 420 g/mol. The van der Waals surface area contributed by atoms with Crippen molar-refractivity contribution in [3.63, 3.8) is 0 Å². The van der Waals surface area contributed by atoms with Crippen molar-refractivity contribution >= 4 is 22.8 Å². The maximum Gasteiger partial charge on any atom is 0.315 e. The first-order valence-electron chi connectivity index (χ1n) is 10.8. The number of benzene rings is 2. The quantitative estimate of drug-likeness (QED) is 0.595. The van der Waals surface area contributed by atoms with Crippen molar-refractivity contribution < 1.29 is 9.90 Å². The number of aromatic hydroxyl groups is 1. The van der Waals surface area contributed by atoms with Crippen molar-refractivity contribution in [3.05, 3.63) is 48.0 Å². The molecular formula is C24H29N5O2. The van der Waals surface area contributed by atoms with Crippen LogP contribution in [0.4, 0.5) is 10.6 Å². The Balaban J connectivity index is 1.62. The van der Waals surface area contributed by atoms with Gasteiger partial charge in [0, 0.05) is 30.6 Å². The van der Waals surface area contributed by atoms with Crippen LogP contribution in [0.25, 0.3) is 22.3 Å². The Bertz CT molecular complexity index is 1090. The first-order chi connectivity index (χ1) is 14.9. The number of fused-ring (bicyclic) bond motifs is 1. The number of amides is 2. The summed E-state index contributed by atoms with van der Waals surface area (Å²) in [6, 6.07) is 13.5. The van der Waals surface area contributed by atoms with Crippen LogP contribution in [0, 0.1) is 6.92 Å². The summed E-state index contributed by atoms with van der Waals surface area (Å²) in [5.41, 5.74) is 2.60. The van der Waals surface area contributed by atoms with E-state index in [2.05, 4.69) is 33.7 Å². The second-order valence-electron chi connectivity index (χ2n) is 8.44. The first kappa shape index (κ1) is 20.9. The number of carbonyl (C=O) groups excluding carboxylic acids is 1. The van der Waals surface area contributed by atoms with E-state index in [9.17, 15) is 9.90 Å². The van der Waals surface area contributed by atoms with Gasteiger partial charge in [0.1, 0.15) is 11.6 Å². The predicted octanol–water partition coefficient (Wildman–Crippen LogP) is 3.99. The molecule has 7 nitrogen and oxygen atoms in total. The van der Waals surface area contributed by atoms with E-state index in [4.69, 9.17) is 9.97 Å². The summed E-state index contributed by atoms with van der Waals surface area (Å²) in [7, 11) is 0. The SMILES string of the molecule is Cc1ccc2c(N3CCC(NC(=O)NC(C)C)CC3)nc(-c3ccccc3O)nc2c1. The number of phenolic OH excluding ortho intramolecular Hbond substituents is 1. The summed E-state index contributed by atoms with van der Waals surface area (Å²) in [6.07, 6.45) is 1.68. The molecule has 3 aromatic rings. The van der Waals surface area contributed by atoms with Crippen LogP contribution in [0.5, 0.6) is 5.75 Å². The van der Waals surface area contributed by atoms with E-state index in [1.54, 1.807) is 12.1 Å². The second kappa shape index (κ2) is 8.79. The van der Waals surface area contributed by atoms with Gasteiger partial charge in [-0.2, -0.15) is 0 Å². The van der Waals surface area contributed by atoms with Crippen LogP contribution in [-0.2, 0) is 0 Å². The van der Waals surface area contributed by atoms with Gasteiger partial charge < -0.3 is 20.6 Å². The molecule has 31 heavy (non-hydrogen) atoms. The van der Waals surface area contributed by atoms with Crippen molar-refractivity contribution in [2.24, 2.45) is 0 Å². The highest BCUT2D eigenvalue weighted by atomic mass is 16.3. The number of aryl methyl sites for hydroxylation is 1. The van der Waals surface area contributed by atoms with Crippen LogP contribution in [-0.4, -0.2) is 46.3 Å². The molecule has 1 saturated heterocycles. The third-order valence-electron chi connectivity index (χ3n) is 5.53. The first-order valence-corrected chi connectivity index (χ1v) is 10.8. The molecule has 1 fully saturated rings. The van der Waals surface area contributed by atoms with E-state index in [0.717, 1.165) is 48.2 Å². The van der Waals surface area contributed by atoms with Crippen LogP contribution in [0.1, 0.15) is 32.3 Å². The van der Waals surface area contributed by atoms with Crippen molar-refractivity contribution in [3.8, 4) is 17.1 Å². The topological polar surface area (TPSA) is 90.4 Å². The fourth-order valence-corrected chi connectivity index (χ4v) is 3.97. The number of anilines is 1. The van der Waals surface area contributed by atoms with Crippen molar-refractivity contribution in [2.45, 2.75) is 45.7 Å². The second-order valence-corrected chi connectivity index (χ2v) is 8.44. The smallest absolute Gasteiger partial charge is 0.315 e. The maximum absolute atomic E-state index is 12.0. The van der Waals surface area contributed by atoms with Crippen molar-refractivity contribution in [1.29, 1.82) is 0 Å². The van der Waals surface area contributed by atoms with Gasteiger partial charge in [-0.1, -0.05) is 18.2 Å². The molecule has 0 saturated carbocycles. The van der Waals surface area contributed by atoms with E-state index >= 15 is 0 Å². The van der Waals surface area contributed by atoms with Gasteiger partial charge in [-0.15, -0.1) is 0 Å². The van der Waals surface area contributed by atoms with E-state index in [-0.39, 0.29) is 23.9 Å². The van der Waals surface area contributed by atoms with E-state index < -0.39 is 0 Å². The highest BCUT2D eigenvalue weighted by Gasteiger charge is 2.24. The molecule has 0 radical (unpaired) electrons. The fraction of sp³-hybridized carbons (Fsp3) is 0.375. The Hall–Kier alpha value is -3.35. The van der Waals surface area contributed by atoms with Gasteiger partial charge in [0.2, 0.25) is 0 Å². The molecular weight excluding hydrogens is 390 g/mol. The number of hydrogen-bond acceptors (Lipinski definition) is 5. The molecule has 1 aromatic heterocycles. The van der Waals surface area contributed by atoms with Crippen LogP contribution in [0.2, 0.25) is 0 Å². The summed E-state index contributed by atoms with van der Waals surface area (Å²) in [5, 5.41) is 17.3. The molecule has 0 spiro atoms.